The van der Waals surface area contributed by atoms with Crippen LogP contribution in [0.1, 0.15) is 30.5 Å². The predicted octanol–water partition coefficient (Wildman–Crippen LogP) is 4.39. The molecule has 0 aliphatic carbocycles. The molecule has 0 spiro atoms. The molecule has 3 rings (SSSR count). The monoisotopic (exact) mass is 490 g/mol. The van der Waals surface area contributed by atoms with Gasteiger partial charge < -0.3 is 24.4 Å². The molecule has 0 saturated heterocycles. The van der Waals surface area contributed by atoms with E-state index in [-0.39, 0.29) is 25.0 Å². The Kier molecular flexibility index (Phi) is 10.8. The van der Waals surface area contributed by atoms with Gasteiger partial charge in [-0.3, -0.25) is 9.59 Å². The minimum Gasteiger partial charge on any atom is -0.497 e. The molecule has 7 nitrogen and oxygen atoms in total. The van der Waals surface area contributed by atoms with E-state index in [1.807, 2.05) is 79.7 Å². The van der Waals surface area contributed by atoms with E-state index >= 15 is 0 Å². The van der Waals surface area contributed by atoms with Gasteiger partial charge in [0.25, 0.3) is 5.91 Å². The highest BCUT2D eigenvalue weighted by molar-refractivity contribution is 5.89. The summed E-state index contributed by atoms with van der Waals surface area (Å²) in [4.78, 5) is 28.6. The van der Waals surface area contributed by atoms with Crippen molar-refractivity contribution in [1.29, 1.82) is 0 Å². The maximum absolute atomic E-state index is 13.6. The van der Waals surface area contributed by atoms with E-state index in [9.17, 15) is 9.59 Å². The lowest BCUT2D eigenvalue weighted by atomic mass is 10.0. The molecular formula is C29H34N2O5. The van der Waals surface area contributed by atoms with E-state index in [4.69, 9.17) is 14.2 Å². The Balaban J connectivity index is 1.86. The lowest BCUT2D eigenvalue weighted by Crippen LogP contribution is -2.45. The summed E-state index contributed by atoms with van der Waals surface area (Å²) in [5.74, 6) is 0.759. The number of amides is 2. The molecule has 0 radical (unpaired) electrons. The average Bonchev–Trinajstić information content (AvgIpc) is 2.93. The van der Waals surface area contributed by atoms with Crippen molar-refractivity contribution in [2.45, 2.75) is 25.9 Å². The van der Waals surface area contributed by atoms with E-state index in [1.54, 1.807) is 24.1 Å². The molecule has 36 heavy (non-hydrogen) atoms. The number of hydrogen-bond donors (Lipinski definition) is 1. The third kappa shape index (κ3) is 8.13. The zero-order valence-electron chi connectivity index (χ0n) is 20.9. The van der Waals surface area contributed by atoms with Crippen molar-refractivity contribution in [2.24, 2.45) is 0 Å². The van der Waals surface area contributed by atoms with E-state index in [0.29, 0.717) is 31.9 Å². The van der Waals surface area contributed by atoms with Gasteiger partial charge in [0.15, 0.2) is 6.61 Å². The minimum atomic E-state index is -0.827. The quantitative estimate of drug-likeness (QED) is 0.339. The van der Waals surface area contributed by atoms with Crippen LogP contribution in [0, 0.1) is 0 Å². The molecule has 0 aliphatic heterocycles. The molecule has 0 bridgehead atoms. The second-order valence-corrected chi connectivity index (χ2v) is 8.13. The molecule has 1 N–H and O–H groups in total. The summed E-state index contributed by atoms with van der Waals surface area (Å²) in [7, 11) is 1.60. The Morgan fingerprint density at radius 1 is 0.889 bits per heavy atom. The van der Waals surface area contributed by atoms with Crippen molar-refractivity contribution in [3.63, 3.8) is 0 Å². The molecule has 3 aromatic rings. The summed E-state index contributed by atoms with van der Waals surface area (Å²) in [5.41, 5.74) is 1.59. The smallest absolute Gasteiger partial charge is 0.261 e. The van der Waals surface area contributed by atoms with Crippen LogP contribution in [-0.4, -0.2) is 50.2 Å². The van der Waals surface area contributed by atoms with Gasteiger partial charge in [-0.25, -0.2) is 0 Å². The number of benzene rings is 3. The molecule has 3 aromatic carbocycles. The van der Waals surface area contributed by atoms with Gasteiger partial charge >= 0.3 is 0 Å². The SMILES string of the molecule is CCOCCCNC(=O)[C@@H](c1ccccc1)N(Cc1ccc(OC)cc1)C(=O)COc1ccccc1. The highest BCUT2D eigenvalue weighted by Crippen LogP contribution is 2.25. The second-order valence-electron chi connectivity index (χ2n) is 8.13. The summed E-state index contributed by atoms with van der Waals surface area (Å²) in [6, 6.07) is 25.1. The minimum absolute atomic E-state index is 0.193. The number of para-hydroxylation sites is 1. The first kappa shape index (κ1) is 26.8. The summed E-state index contributed by atoms with van der Waals surface area (Å²) in [6.45, 7) is 3.61. The predicted molar refractivity (Wildman–Crippen MR) is 139 cm³/mol. The molecule has 0 aliphatic rings. The van der Waals surface area contributed by atoms with Crippen LogP contribution in [0.15, 0.2) is 84.9 Å². The Morgan fingerprint density at radius 3 is 2.19 bits per heavy atom. The van der Waals surface area contributed by atoms with Crippen molar-refractivity contribution >= 4 is 11.8 Å². The van der Waals surface area contributed by atoms with Gasteiger partial charge in [-0.1, -0.05) is 60.7 Å². The highest BCUT2D eigenvalue weighted by atomic mass is 16.5. The number of carbonyl (C=O) groups is 2. The lowest BCUT2D eigenvalue weighted by Gasteiger charge is -2.31. The van der Waals surface area contributed by atoms with Gasteiger partial charge in [0.1, 0.15) is 17.5 Å². The lowest BCUT2D eigenvalue weighted by molar-refractivity contribution is -0.143. The van der Waals surface area contributed by atoms with Crippen LogP contribution >= 0.6 is 0 Å². The molecule has 0 aromatic heterocycles. The Morgan fingerprint density at radius 2 is 1.56 bits per heavy atom. The summed E-state index contributed by atoms with van der Waals surface area (Å²) in [6.07, 6.45) is 0.685. The maximum Gasteiger partial charge on any atom is 0.261 e. The second kappa shape index (κ2) is 14.5. The molecule has 1 atom stereocenters. The molecular weight excluding hydrogens is 456 g/mol. The first-order chi connectivity index (χ1) is 17.6. The van der Waals surface area contributed by atoms with Crippen LogP contribution in [0.5, 0.6) is 11.5 Å². The molecule has 0 unspecified atom stereocenters. The van der Waals surface area contributed by atoms with Crippen molar-refractivity contribution < 1.29 is 23.8 Å². The fourth-order valence-corrected chi connectivity index (χ4v) is 3.73. The van der Waals surface area contributed by atoms with Crippen LogP contribution in [0.3, 0.4) is 0 Å². The standard InChI is InChI=1S/C29H34N2O5/c1-3-35-20-10-19-30-29(33)28(24-11-6-4-7-12-24)31(21-23-15-17-25(34-2)18-16-23)27(32)22-36-26-13-8-5-9-14-26/h4-9,11-18,28H,3,10,19-22H2,1-2H3,(H,30,33)/t28-/m1/s1. The summed E-state index contributed by atoms with van der Waals surface area (Å²) >= 11 is 0. The number of nitrogens with zero attached hydrogens (tertiary/aromatic N) is 1. The van der Waals surface area contributed by atoms with Crippen LogP contribution in [0.25, 0.3) is 0 Å². The Labute approximate surface area is 213 Å². The van der Waals surface area contributed by atoms with Gasteiger partial charge in [0.05, 0.1) is 7.11 Å². The maximum atomic E-state index is 13.6. The van der Waals surface area contributed by atoms with E-state index < -0.39 is 6.04 Å². The molecule has 0 heterocycles. The topological polar surface area (TPSA) is 77.1 Å². The molecule has 0 fully saturated rings. The average molecular weight is 491 g/mol. The van der Waals surface area contributed by atoms with Crippen molar-refractivity contribution in [2.75, 3.05) is 33.5 Å². The Hall–Kier alpha value is -3.84. The molecule has 2 amide bonds. The third-order valence-electron chi connectivity index (χ3n) is 5.58. The van der Waals surface area contributed by atoms with Crippen LogP contribution in [-0.2, 0) is 20.9 Å². The van der Waals surface area contributed by atoms with Crippen molar-refractivity contribution in [3.8, 4) is 11.5 Å². The van der Waals surface area contributed by atoms with Gasteiger partial charge in [0.2, 0.25) is 5.91 Å². The van der Waals surface area contributed by atoms with Gasteiger partial charge in [0, 0.05) is 26.3 Å². The Bertz CT molecular complexity index is 1060. The summed E-state index contributed by atoms with van der Waals surface area (Å²) in [5, 5.41) is 2.98. The van der Waals surface area contributed by atoms with Gasteiger partial charge in [-0.2, -0.15) is 0 Å². The van der Waals surface area contributed by atoms with Crippen molar-refractivity contribution in [1.82, 2.24) is 10.2 Å². The van der Waals surface area contributed by atoms with Gasteiger partial charge in [-0.15, -0.1) is 0 Å². The molecule has 7 heteroatoms. The fourth-order valence-electron chi connectivity index (χ4n) is 3.73. The first-order valence-corrected chi connectivity index (χ1v) is 12.1. The molecule has 190 valence electrons. The van der Waals surface area contributed by atoms with E-state index in [1.165, 1.54) is 0 Å². The summed E-state index contributed by atoms with van der Waals surface area (Å²) < 4.78 is 16.4. The normalized spacial score (nSPS) is 11.4. The number of methoxy groups -OCH3 is 1. The van der Waals surface area contributed by atoms with Crippen LogP contribution < -0.4 is 14.8 Å². The number of rotatable bonds is 14. The largest absolute Gasteiger partial charge is 0.497 e. The van der Waals surface area contributed by atoms with Crippen molar-refractivity contribution in [3.05, 3.63) is 96.1 Å². The highest BCUT2D eigenvalue weighted by Gasteiger charge is 2.31. The van der Waals surface area contributed by atoms with Crippen LogP contribution in [0.2, 0.25) is 0 Å². The third-order valence-corrected chi connectivity index (χ3v) is 5.58. The fraction of sp³-hybridized carbons (Fsp3) is 0.310. The number of nitrogens with one attached hydrogen (secondary N) is 1. The zero-order valence-corrected chi connectivity index (χ0v) is 20.9. The molecule has 0 saturated carbocycles. The number of ether oxygens (including phenoxy) is 3. The van der Waals surface area contributed by atoms with E-state index in [2.05, 4.69) is 5.32 Å². The number of carbonyl (C=O) groups excluding carboxylic acids is 2. The first-order valence-electron chi connectivity index (χ1n) is 12.1. The number of hydrogen-bond acceptors (Lipinski definition) is 5. The van der Waals surface area contributed by atoms with Crippen LogP contribution in [0.4, 0.5) is 0 Å². The van der Waals surface area contributed by atoms with E-state index in [0.717, 1.165) is 16.9 Å². The van der Waals surface area contributed by atoms with Gasteiger partial charge in [-0.05, 0) is 48.7 Å². The zero-order chi connectivity index (χ0) is 25.6.